The monoisotopic (exact) mass is 370 g/mol. The number of carbonyl (C=O) groups is 2. The van der Waals surface area contributed by atoms with Crippen molar-refractivity contribution >= 4 is 39.3 Å². The van der Waals surface area contributed by atoms with E-state index in [0.717, 1.165) is 17.7 Å². The van der Waals surface area contributed by atoms with E-state index < -0.39 is 16.0 Å². The minimum Gasteiger partial charge on any atom is -0.468 e. The smallest absolute Gasteiger partial charge is 0.325 e. The number of ether oxygens (including phenoxy) is 1. The van der Waals surface area contributed by atoms with Gasteiger partial charge in [-0.25, -0.2) is 8.42 Å². The minimum atomic E-state index is -3.58. The Morgan fingerprint density at radius 1 is 1.29 bits per heavy atom. The van der Waals surface area contributed by atoms with E-state index in [2.05, 4.69) is 4.74 Å². The molecule has 1 aromatic rings. The van der Waals surface area contributed by atoms with Crippen LogP contribution in [0.15, 0.2) is 28.0 Å². The van der Waals surface area contributed by atoms with Gasteiger partial charge in [0.15, 0.2) is 0 Å². The van der Waals surface area contributed by atoms with Gasteiger partial charge in [0.2, 0.25) is 15.9 Å². The molecule has 0 N–H and O–H groups in total. The van der Waals surface area contributed by atoms with Crippen molar-refractivity contribution < 1.29 is 22.7 Å². The zero-order valence-electron chi connectivity index (χ0n) is 13.2. The summed E-state index contributed by atoms with van der Waals surface area (Å²) in [5.41, 5.74) is 0.446. The first kappa shape index (κ1) is 17.2. The molecule has 7 nitrogen and oxygen atoms in total. The highest BCUT2D eigenvalue weighted by molar-refractivity contribution is 8.00. The first-order valence-electron chi connectivity index (χ1n) is 7.57. The van der Waals surface area contributed by atoms with Gasteiger partial charge in [-0.2, -0.15) is 4.31 Å². The summed E-state index contributed by atoms with van der Waals surface area (Å²) >= 11 is 1.34. The second-order valence-corrected chi connectivity index (χ2v) is 8.54. The van der Waals surface area contributed by atoms with Crippen LogP contribution in [0.25, 0.3) is 0 Å². The molecule has 2 heterocycles. The van der Waals surface area contributed by atoms with Crippen LogP contribution in [0.1, 0.15) is 12.8 Å². The van der Waals surface area contributed by atoms with Crippen molar-refractivity contribution in [3.63, 3.8) is 0 Å². The molecule has 1 amide bonds. The van der Waals surface area contributed by atoms with E-state index in [1.165, 1.54) is 34.1 Å². The van der Waals surface area contributed by atoms with Gasteiger partial charge in [-0.15, -0.1) is 11.8 Å². The van der Waals surface area contributed by atoms with E-state index in [0.29, 0.717) is 18.8 Å². The van der Waals surface area contributed by atoms with E-state index in [1.807, 2.05) is 0 Å². The first-order valence-corrected chi connectivity index (χ1v) is 10.0. The van der Waals surface area contributed by atoms with E-state index in [4.69, 9.17) is 0 Å². The third kappa shape index (κ3) is 3.15. The molecule has 0 unspecified atom stereocenters. The number of hydrogen-bond acceptors (Lipinski definition) is 6. The van der Waals surface area contributed by atoms with Crippen LogP contribution in [0, 0.1) is 0 Å². The number of nitrogens with zero attached hydrogens (tertiary/aromatic N) is 2. The number of methoxy groups -OCH3 is 1. The third-order valence-corrected chi connectivity index (χ3v) is 7.03. The maximum atomic E-state index is 12.7. The van der Waals surface area contributed by atoms with Gasteiger partial charge in [-0.3, -0.25) is 14.5 Å². The molecular formula is C15H18N2O5S2. The zero-order chi connectivity index (χ0) is 17.3. The second kappa shape index (κ2) is 6.73. The average Bonchev–Trinajstić information content (AvgIpc) is 3.12. The fourth-order valence-corrected chi connectivity index (χ4v) is 5.24. The van der Waals surface area contributed by atoms with Crippen LogP contribution in [-0.4, -0.2) is 57.1 Å². The van der Waals surface area contributed by atoms with Gasteiger partial charge < -0.3 is 4.74 Å². The summed E-state index contributed by atoms with van der Waals surface area (Å²) in [7, 11) is -2.33. The van der Waals surface area contributed by atoms with Gasteiger partial charge in [0.05, 0.1) is 23.4 Å². The van der Waals surface area contributed by atoms with Crippen molar-refractivity contribution in [2.24, 2.45) is 0 Å². The van der Waals surface area contributed by atoms with Crippen molar-refractivity contribution in [2.75, 3.05) is 37.4 Å². The second-order valence-electron chi connectivity index (χ2n) is 5.59. The molecule has 2 aliphatic rings. The summed E-state index contributed by atoms with van der Waals surface area (Å²) in [5.74, 6) is -0.579. The van der Waals surface area contributed by atoms with Crippen LogP contribution in [-0.2, 0) is 24.3 Å². The molecule has 0 aliphatic carbocycles. The SMILES string of the molecule is COC(=O)CN1C(=O)CSc2ccc(S(=O)(=O)N3CCCC3)cc21. The Morgan fingerprint density at radius 3 is 2.67 bits per heavy atom. The Balaban J connectivity index is 1.99. The number of amides is 1. The van der Waals surface area contributed by atoms with E-state index in [9.17, 15) is 18.0 Å². The van der Waals surface area contributed by atoms with Crippen LogP contribution in [0.4, 0.5) is 5.69 Å². The zero-order valence-corrected chi connectivity index (χ0v) is 14.9. The first-order chi connectivity index (χ1) is 11.4. The van der Waals surface area contributed by atoms with Crippen molar-refractivity contribution in [1.29, 1.82) is 0 Å². The molecule has 0 spiro atoms. The Hall–Kier alpha value is -1.58. The fourth-order valence-electron chi connectivity index (χ4n) is 2.79. The maximum absolute atomic E-state index is 12.7. The van der Waals surface area contributed by atoms with Crippen LogP contribution in [0.2, 0.25) is 0 Å². The van der Waals surface area contributed by atoms with Crippen LogP contribution < -0.4 is 4.90 Å². The predicted octanol–water partition coefficient (Wildman–Crippen LogP) is 1.08. The lowest BCUT2D eigenvalue weighted by Gasteiger charge is -2.28. The molecule has 0 bridgehead atoms. The Bertz CT molecular complexity index is 772. The summed E-state index contributed by atoms with van der Waals surface area (Å²) in [4.78, 5) is 26.0. The van der Waals surface area contributed by atoms with Gasteiger partial charge in [-0.05, 0) is 31.0 Å². The largest absolute Gasteiger partial charge is 0.468 e. The predicted molar refractivity (Wildman–Crippen MR) is 89.5 cm³/mol. The van der Waals surface area contributed by atoms with Gasteiger partial charge in [0.25, 0.3) is 0 Å². The molecule has 1 aromatic carbocycles. The van der Waals surface area contributed by atoms with Gasteiger partial charge in [0, 0.05) is 18.0 Å². The molecule has 0 atom stereocenters. The standard InChI is InChI=1S/C15H18N2O5S2/c1-22-15(19)9-17-12-8-11(4-5-13(12)23-10-14(17)18)24(20,21)16-6-2-3-7-16/h4-5,8H,2-3,6-7,9-10H2,1H3. The van der Waals surface area contributed by atoms with E-state index >= 15 is 0 Å². The number of fused-ring (bicyclic) bond motifs is 1. The average molecular weight is 370 g/mol. The molecule has 1 saturated heterocycles. The molecule has 9 heteroatoms. The molecule has 0 saturated carbocycles. The molecule has 0 radical (unpaired) electrons. The molecule has 3 rings (SSSR count). The summed E-state index contributed by atoms with van der Waals surface area (Å²) in [6.07, 6.45) is 1.71. The number of benzene rings is 1. The summed E-state index contributed by atoms with van der Waals surface area (Å²) in [6.45, 7) is 0.800. The maximum Gasteiger partial charge on any atom is 0.325 e. The van der Waals surface area contributed by atoms with Crippen LogP contribution >= 0.6 is 11.8 Å². The molecule has 130 valence electrons. The molecule has 1 fully saturated rings. The minimum absolute atomic E-state index is 0.147. The Morgan fingerprint density at radius 2 is 2.00 bits per heavy atom. The molecule has 24 heavy (non-hydrogen) atoms. The number of thioether (sulfide) groups is 1. The van der Waals surface area contributed by atoms with Crippen molar-refractivity contribution in [3.8, 4) is 0 Å². The van der Waals surface area contributed by atoms with Crippen LogP contribution in [0.3, 0.4) is 0 Å². The third-order valence-electron chi connectivity index (χ3n) is 4.09. The lowest BCUT2D eigenvalue weighted by molar-refractivity contribution is -0.139. The summed E-state index contributed by atoms with van der Waals surface area (Å²) in [5, 5.41) is 0. The number of esters is 1. The Kier molecular flexibility index (Phi) is 4.84. The molecule has 0 aromatic heterocycles. The number of rotatable bonds is 4. The summed E-state index contributed by atoms with van der Waals surface area (Å²) < 4.78 is 31.5. The number of hydrogen-bond donors (Lipinski definition) is 0. The summed E-state index contributed by atoms with van der Waals surface area (Å²) in [6, 6.07) is 4.74. The van der Waals surface area contributed by atoms with Gasteiger partial charge >= 0.3 is 5.97 Å². The highest BCUT2D eigenvalue weighted by Crippen LogP contribution is 2.37. The normalized spacial score (nSPS) is 18.5. The highest BCUT2D eigenvalue weighted by atomic mass is 32.2. The van der Waals surface area contributed by atoms with Crippen molar-refractivity contribution in [3.05, 3.63) is 18.2 Å². The van der Waals surface area contributed by atoms with Gasteiger partial charge in [0.1, 0.15) is 6.54 Å². The fraction of sp³-hybridized carbons (Fsp3) is 0.467. The Labute approximate surface area is 145 Å². The lowest BCUT2D eigenvalue weighted by Crippen LogP contribution is -2.40. The van der Waals surface area contributed by atoms with Crippen molar-refractivity contribution in [2.45, 2.75) is 22.6 Å². The van der Waals surface area contributed by atoms with Gasteiger partial charge in [-0.1, -0.05) is 0 Å². The number of anilines is 1. The quantitative estimate of drug-likeness (QED) is 0.738. The highest BCUT2D eigenvalue weighted by Gasteiger charge is 2.31. The number of sulfonamides is 1. The van der Waals surface area contributed by atoms with Crippen molar-refractivity contribution in [1.82, 2.24) is 4.31 Å². The lowest BCUT2D eigenvalue weighted by atomic mass is 10.2. The molecular weight excluding hydrogens is 352 g/mol. The van der Waals surface area contributed by atoms with Crippen LogP contribution in [0.5, 0.6) is 0 Å². The molecule has 2 aliphatic heterocycles. The topological polar surface area (TPSA) is 84.0 Å². The van der Waals surface area contributed by atoms with E-state index in [1.54, 1.807) is 12.1 Å². The number of carbonyl (C=O) groups excluding carboxylic acids is 2. The van der Waals surface area contributed by atoms with E-state index in [-0.39, 0.29) is 23.1 Å².